The number of hydrogen-bond donors (Lipinski definition) is 4. The molecule has 0 saturated carbocycles. The Balaban J connectivity index is -0.0000000171. The second-order valence-electron chi connectivity index (χ2n) is 0.461. The van der Waals surface area contributed by atoms with E-state index in [9.17, 15) is 0 Å². The molecule has 0 aliphatic heterocycles. The largest absolute Gasteiger partial charge is 0.412 e. The monoisotopic (exact) mass is 262 g/mol. The first kappa shape index (κ1) is 29.2. The van der Waals surface area contributed by atoms with Gasteiger partial charge in [-0.25, -0.2) is 0 Å². The van der Waals surface area contributed by atoms with Crippen molar-refractivity contribution in [2.24, 2.45) is 0 Å². The molecule has 0 amide bonds. The van der Waals surface area contributed by atoms with Gasteiger partial charge in [0.25, 0.3) is 22.7 Å². The van der Waals surface area contributed by atoms with Gasteiger partial charge < -0.3 is 5.48 Å². The van der Waals surface area contributed by atoms with E-state index in [4.69, 9.17) is 26.6 Å². The fourth-order valence-corrected chi connectivity index (χ4v) is 0. The molecular weight excluding hydrogens is 256 g/mol. The first-order valence-corrected chi connectivity index (χ1v) is 3.19. The van der Waals surface area contributed by atoms with Gasteiger partial charge in [0, 0.05) is 75.5 Å². The fraction of sp³-hybridized carbons (Fsp3) is 0. The minimum absolute atomic E-state index is 0. The topological polar surface area (TPSA) is 147 Å². The summed E-state index contributed by atoms with van der Waals surface area (Å²) in [6, 6.07) is 0. The first-order valence-electron chi connectivity index (χ1n) is 1.06. The van der Waals surface area contributed by atoms with Gasteiger partial charge in [-0.2, -0.15) is 8.42 Å². The molecule has 0 fully saturated rings. The Morgan fingerprint density at radius 3 is 0.727 bits per heavy atom. The van der Waals surface area contributed by atoms with Crippen molar-refractivity contribution in [3.05, 3.63) is 0 Å². The van der Waals surface area contributed by atoms with E-state index in [1.165, 1.54) is 0 Å². The standard InChI is InChI=1S/2Ca.2H2O3S.H2O/c;;2*1-4(2)3;/h;;2*(H2,1,2,3);1H2. The van der Waals surface area contributed by atoms with Crippen LogP contribution in [0.2, 0.25) is 0 Å². The average molecular weight is 262 g/mol. The number of hydrogen-bond acceptors (Lipinski definition) is 2. The third-order valence-electron chi connectivity index (χ3n) is 0. The summed E-state index contributed by atoms with van der Waals surface area (Å²) in [6.07, 6.45) is 0. The van der Waals surface area contributed by atoms with Crippen molar-refractivity contribution < 1.29 is 32.1 Å². The molecule has 6 N–H and O–H groups in total. The summed E-state index contributed by atoms with van der Waals surface area (Å²) in [5.74, 6) is 0. The predicted octanol–water partition coefficient (Wildman–Crippen LogP) is -2.22. The molecule has 7 nitrogen and oxygen atoms in total. The quantitative estimate of drug-likeness (QED) is 0.287. The van der Waals surface area contributed by atoms with E-state index in [2.05, 4.69) is 0 Å². The van der Waals surface area contributed by atoms with Crippen LogP contribution in [0.25, 0.3) is 0 Å². The maximum atomic E-state index is 8.67. The normalized spacial score (nSPS) is 6.36. The second kappa shape index (κ2) is 22.9. The smallest absolute Gasteiger partial charge is 0.299 e. The maximum Gasteiger partial charge on any atom is 0.299 e. The third-order valence-corrected chi connectivity index (χ3v) is 0. The van der Waals surface area contributed by atoms with Crippen LogP contribution in [0.5, 0.6) is 0 Å². The van der Waals surface area contributed by atoms with Crippen molar-refractivity contribution in [1.29, 1.82) is 0 Å². The van der Waals surface area contributed by atoms with E-state index in [0.29, 0.717) is 0 Å². The van der Waals surface area contributed by atoms with Gasteiger partial charge in [0.05, 0.1) is 0 Å². The van der Waals surface area contributed by atoms with Gasteiger partial charge in [0.1, 0.15) is 0 Å². The van der Waals surface area contributed by atoms with E-state index in [1.807, 2.05) is 0 Å². The molecule has 0 rings (SSSR count). The van der Waals surface area contributed by atoms with E-state index in [1.54, 1.807) is 0 Å². The zero-order chi connectivity index (χ0) is 7.15. The van der Waals surface area contributed by atoms with Crippen molar-refractivity contribution >= 4 is 98.2 Å². The Bertz CT molecular complexity index is 72.4. The van der Waals surface area contributed by atoms with Gasteiger partial charge in [-0.05, 0) is 0 Å². The Kier molecular flexibility index (Phi) is 60.9. The molecule has 0 unspecified atom stereocenters. The molecule has 0 heterocycles. The maximum absolute atomic E-state index is 8.67. The molecule has 4 radical (unpaired) electrons. The zero-order valence-corrected chi connectivity index (χ0v) is 11.4. The van der Waals surface area contributed by atoms with E-state index < -0.39 is 22.7 Å². The second-order valence-corrected chi connectivity index (χ2v) is 1.38. The fourth-order valence-electron chi connectivity index (χ4n) is 0. The number of rotatable bonds is 0. The summed E-state index contributed by atoms with van der Waals surface area (Å²) in [6.45, 7) is 0. The predicted molar refractivity (Wildman–Crippen MR) is 41.9 cm³/mol. The summed E-state index contributed by atoms with van der Waals surface area (Å²) in [4.78, 5) is 0. The molecule has 0 bridgehead atoms. The van der Waals surface area contributed by atoms with E-state index in [-0.39, 0.29) is 81.0 Å². The van der Waals surface area contributed by atoms with Gasteiger partial charge in [-0.1, -0.05) is 0 Å². The van der Waals surface area contributed by atoms with Crippen molar-refractivity contribution in [3.63, 3.8) is 0 Å². The van der Waals surface area contributed by atoms with E-state index >= 15 is 0 Å². The Morgan fingerprint density at radius 1 is 0.727 bits per heavy atom. The first-order chi connectivity index (χ1) is 3.46. The molecule has 0 aliphatic carbocycles. The van der Waals surface area contributed by atoms with Crippen molar-refractivity contribution in [2.75, 3.05) is 0 Å². The summed E-state index contributed by atoms with van der Waals surface area (Å²) >= 11 is -5.22. The Morgan fingerprint density at radius 2 is 0.727 bits per heavy atom. The van der Waals surface area contributed by atoms with Crippen molar-refractivity contribution in [2.45, 2.75) is 0 Å². The van der Waals surface area contributed by atoms with Gasteiger partial charge >= 0.3 is 0 Å². The SMILES string of the molecule is O.O=S(O)O.O=S(O)O.[Ca].[Ca]. The van der Waals surface area contributed by atoms with Crippen LogP contribution in [0, 0.1) is 0 Å². The summed E-state index contributed by atoms with van der Waals surface area (Å²) in [5, 5.41) is 0. The summed E-state index contributed by atoms with van der Waals surface area (Å²) in [7, 11) is 0. The van der Waals surface area contributed by atoms with Crippen molar-refractivity contribution in [1.82, 2.24) is 0 Å². The molecule has 0 aromatic carbocycles. The van der Waals surface area contributed by atoms with Crippen LogP contribution in [0.15, 0.2) is 0 Å². The molecule has 11 heavy (non-hydrogen) atoms. The van der Waals surface area contributed by atoms with Crippen LogP contribution in [0.4, 0.5) is 0 Å². The van der Waals surface area contributed by atoms with E-state index in [0.717, 1.165) is 0 Å². The minimum atomic E-state index is -2.61. The third kappa shape index (κ3) is 207. The van der Waals surface area contributed by atoms with Gasteiger partial charge in [0.2, 0.25) is 0 Å². The molecule has 0 saturated heterocycles. The summed E-state index contributed by atoms with van der Waals surface area (Å²) < 4.78 is 45.7. The average Bonchev–Trinajstić information content (AvgIpc) is 1.25. The molecule has 11 heteroatoms. The van der Waals surface area contributed by atoms with Crippen LogP contribution < -0.4 is 0 Å². The van der Waals surface area contributed by atoms with Gasteiger partial charge in [-0.15, -0.1) is 0 Å². The molecule has 0 aromatic rings. The zero-order valence-electron chi connectivity index (χ0n) is 5.34. The molecule has 0 aromatic heterocycles. The Hall–Kier alpha value is 2.62. The molecule has 64 valence electrons. The van der Waals surface area contributed by atoms with Gasteiger partial charge in [0.15, 0.2) is 0 Å². The minimum Gasteiger partial charge on any atom is -0.412 e. The van der Waals surface area contributed by atoms with Gasteiger partial charge in [-0.3, -0.25) is 18.2 Å². The molecule has 0 atom stereocenters. The van der Waals surface area contributed by atoms with Crippen LogP contribution in [-0.2, 0) is 22.7 Å². The van der Waals surface area contributed by atoms with Crippen LogP contribution in [0.3, 0.4) is 0 Å². The summed E-state index contributed by atoms with van der Waals surface area (Å²) in [5.41, 5.74) is 0. The molecule has 0 aliphatic rings. The molecule has 0 spiro atoms. The van der Waals surface area contributed by atoms with Crippen molar-refractivity contribution in [3.8, 4) is 0 Å². The van der Waals surface area contributed by atoms with Crippen LogP contribution >= 0.6 is 0 Å². The molecular formula is H6Ca2O7S2. The Labute approximate surface area is 128 Å². The van der Waals surface area contributed by atoms with Crippen LogP contribution in [-0.4, -0.2) is 108 Å². The van der Waals surface area contributed by atoms with Crippen LogP contribution in [0.1, 0.15) is 0 Å².